The number of carbonyl (C=O) groups is 1. The summed E-state index contributed by atoms with van der Waals surface area (Å²) < 4.78 is 6.79. The van der Waals surface area contributed by atoms with Gasteiger partial charge in [-0.25, -0.2) is 0 Å². The molecule has 1 aromatic heterocycles. The van der Waals surface area contributed by atoms with Crippen LogP contribution in [0, 0.1) is 10.1 Å². The Morgan fingerprint density at radius 3 is 2.85 bits per heavy atom. The van der Waals surface area contributed by atoms with Gasteiger partial charge in [-0.15, -0.1) is 0 Å². The smallest absolute Gasteiger partial charge is 0.318 e. The molecular formula is C12H18N4O4. The molecule has 0 aliphatic carbocycles. The lowest BCUT2D eigenvalue weighted by Gasteiger charge is -2.21. The van der Waals surface area contributed by atoms with Crippen molar-refractivity contribution in [3.63, 3.8) is 0 Å². The average Bonchev–Trinajstić information content (AvgIpc) is 2.91. The van der Waals surface area contributed by atoms with Gasteiger partial charge in [-0.1, -0.05) is 0 Å². The molecule has 0 radical (unpaired) electrons. The average molecular weight is 282 g/mol. The fourth-order valence-corrected chi connectivity index (χ4v) is 2.23. The van der Waals surface area contributed by atoms with Crippen molar-refractivity contribution in [2.24, 2.45) is 5.73 Å². The molecule has 8 heteroatoms. The number of carbonyl (C=O) groups excluding carboxylic acids is 1. The Hall–Kier alpha value is -1.80. The van der Waals surface area contributed by atoms with Crippen molar-refractivity contribution in [2.45, 2.75) is 31.7 Å². The summed E-state index contributed by atoms with van der Waals surface area (Å²) in [4.78, 5) is 22.5. The summed E-state index contributed by atoms with van der Waals surface area (Å²) in [5, 5.41) is 15.2. The lowest BCUT2D eigenvalue weighted by Crippen LogP contribution is -2.20. The minimum absolute atomic E-state index is 0.0542. The van der Waals surface area contributed by atoms with Crippen molar-refractivity contribution in [2.75, 3.05) is 19.8 Å². The standard InChI is InChI=1S/C12H18N4O4/c13-5-1-2-11(17)12-10(16(18)19)8-15(14-12)9-3-6-20-7-4-9/h8-9H,1-7,13H2. The summed E-state index contributed by atoms with van der Waals surface area (Å²) in [6, 6.07) is 0.0542. The molecule has 0 atom stereocenters. The number of rotatable bonds is 6. The first-order valence-corrected chi connectivity index (χ1v) is 6.68. The normalized spacial score (nSPS) is 16.2. The highest BCUT2D eigenvalue weighted by Gasteiger charge is 2.28. The number of nitrogens with two attached hydrogens (primary N) is 1. The second-order valence-corrected chi connectivity index (χ2v) is 4.76. The van der Waals surface area contributed by atoms with E-state index in [-0.39, 0.29) is 29.6 Å². The fourth-order valence-electron chi connectivity index (χ4n) is 2.23. The van der Waals surface area contributed by atoms with Crippen molar-refractivity contribution in [3.05, 3.63) is 22.0 Å². The molecule has 0 bridgehead atoms. The monoisotopic (exact) mass is 282 g/mol. The van der Waals surface area contributed by atoms with Crippen LogP contribution in [0.2, 0.25) is 0 Å². The summed E-state index contributed by atoms with van der Waals surface area (Å²) in [5.74, 6) is -0.326. The summed E-state index contributed by atoms with van der Waals surface area (Å²) in [6.45, 7) is 1.59. The number of ether oxygens (including phenoxy) is 1. The van der Waals surface area contributed by atoms with E-state index in [9.17, 15) is 14.9 Å². The molecule has 2 N–H and O–H groups in total. The van der Waals surface area contributed by atoms with Gasteiger partial charge in [-0.05, 0) is 25.8 Å². The summed E-state index contributed by atoms with van der Waals surface area (Å²) in [5.41, 5.74) is 5.07. The van der Waals surface area contributed by atoms with Crippen molar-refractivity contribution in [1.29, 1.82) is 0 Å². The molecule has 110 valence electrons. The van der Waals surface area contributed by atoms with Gasteiger partial charge in [0, 0.05) is 19.6 Å². The zero-order chi connectivity index (χ0) is 14.5. The summed E-state index contributed by atoms with van der Waals surface area (Å²) in [6.07, 6.45) is 3.53. The van der Waals surface area contributed by atoms with Crippen molar-refractivity contribution >= 4 is 11.5 Å². The topological polar surface area (TPSA) is 113 Å². The number of nitrogens with zero attached hydrogens (tertiary/aromatic N) is 3. The second kappa shape index (κ2) is 6.58. The van der Waals surface area contributed by atoms with E-state index in [0.717, 1.165) is 12.8 Å². The van der Waals surface area contributed by atoms with Gasteiger partial charge in [0.15, 0.2) is 5.78 Å². The van der Waals surface area contributed by atoms with Crippen LogP contribution >= 0.6 is 0 Å². The maximum Gasteiger partial charge on any atom is 0.318 e. The Labute approximate surface area is 116 Å². The van der Waals surface area contributed by atoms with E-state index in [0.29, 0.717) is 26.2 Å². The second-order valence-electron chi connectivity index (χ2n) is 4.76. The van der Waals surface area contributed by atoms with Crippen LogP contribution in [-0.4, -0.2) is 40.2 Å². The number of nitro groups is 1. The fraction of sp³-hybridized carbons (Fsp3) is 0.667. The largest absolute Gasteiger partial charge is 0.381 e. The van der Waals surface area contributed by atoms with Crippen molar-refractivity contribution < 1.29 is 14.5 Å². The molecule has 1 aliphatic rings. The van der Waals surface area contributed by atoms with Crippen molar-refractivity contribution in [3.8, 4) is 0 Å². The number of hydrogen-bond acceptors (Lipinski definition) is 6. The van der Waals surface area contributed by atoms with Gasteiger partial charge in [0.05, 0.1) is 11.0 Å². The van der Waals surface area contributed by atoms with E-state index in [1.807, 2.05) is 0 Å². The molecule has 8 nitrogen and oxygen atoms in total. The number of ketones is 1. The molecule has 1 saturated heterocycles. The molecular weight excluding hydrogens is 264 g/mol. The summed E-state index contributed by atoms with van der Waals surface area (Å²) >= 11 is 0. The molecule has 0 aromatic carbocycles. The van der Waals surface area contributed by atoms with Crippen LogP contribution in [0.15, 0.2) is 6.20 Å². The third-order valence-electron chi connectivity index (χ3n) is 3.35. The van der Waals surface area contributed by atoms with Gasteiger partial charge in [0.25, 0.3) is 0 Å². The molecule has 2 rings (SSSR count). The lowest BCUT2D eigenvalue weighted by molar-refractivity contribution is -0.385. The Balaban J connectivity index is 2.23. The van der Waals surface area contributed by atoms with Gasteiger partial charge in [-0.3, -0.25) is 19.6 Å². The van der Waals surface area contributed by atoms with Gasteiger partial charge < -0.3 is 10.5 Å². The molecule has 0 saturated carbocycles. The van der Waals surface area contributed by atoms with E-state index < -0.39 is 4.92 Å². The minimum Gasteiger partial charge on any atom is -0.381 e. The maximum atomic E-state index is 12.0. The van der Waals surface area contributed by atoms with Gasteiger partial charge in [0.1, 0.15) is 6.20 Å². The van der Waals surface area contributed by atoms with E-state index in [1.165, 1.54) is 10.9 Å². The Morgan fingerprint density at radius 1 is 1.55 bits per heavy atom. The van der Waals surface area contributed by atoms with Crippen LogP contribution in [-0.2, 0) is 4.74 Å². The molecule has 0 spiro atoms. The van der Waals surface area contributed by atoms with E-state index in [2.05, 4.69) is 5.10 Å². The maximum absolute atomic E-state index is 12.0. The third-order valence-corrected chi connectivity index (χ3v) is 3.35. The van der Waals surface area contributed by atoms with Gasteiger partial charge in [0.2, 0.25) is 5.69 Å². The number of hydrogen-bond donors (Lipinski definition) is 1. The zero-order valence-electron chi connectivity index (χ0n) is 11.2. The molecule has 1 aromatic rings. The van der Waals surface area contributed by atoms with Crippen LogP contribution in [0.25, 0.3) is 0 Å². The van der Waals surface area contributed by atoms with E-state index >= 15 is 0 Å². The molecule has 1 fully saturated rings. The highest BCUT2D eigenvalue weighted by molar-refractivity contribution is 5.97. The third kappa shape index (κ3) is 3.20. The van der Waals surface area contributed by atoms with E-state index in [4.69, 9.17) is 10.5 Å². The number of aromatic nitrogens is 2. The van der Waals surface area contributed by atoms with Crippen LogP contribution < -0.4 is 5.73 Å². The predicted molar refractivity (Wildman–Crippen MR) is 70.6 cm³/mol. The van der Waals surface area contributed by atoms with Crippen LogP contribution in [0.3, 0.4) is 0 Å². The SMILES string of the molecule is NCCCC(=O)c1nn(C2CCOCC2)cc1[N+](=O)[O-]. The predicted octanol–water partition coefficient (Wildman–Crippen LogP) is 1.06. The first-order valence-electron chi connectivity index (χ1n) is 6.68. The van der Waals surface area contributed by atoms with Crippen LogP contribution in [0.4, 0.5) is 5.69 Å². The van der Waals surface area contributed by atoms with Gasteiger partial charge in [-0.2, -0.15) is 5.10 Å². The Bertz CT molecular complexity index is 494. The first-order chi connectivity index (χ1) is 9.63. The van der Waals surface area contributed by atoms with Crippen LogP contribution in [0.1, 0.15) is 42.2 Å². The molecule has 2 heterocycles. The molecule has 0 amide bonds. The van der Waals surface area contributed by atoms with Crippen LogP contribution in [0.5, 0.6) is 0 Å². The first kappa shape index (κ1) is 14.6. The summed E-state index contributed by atoms with van der Waals surface area (Å²) in [7, 11) is 0. The quantitative estimate of drug-likeness (QED) is 0.474. The number of Topliss-reactive ketones (excluding diaryl/α,β-unsaturated/α-hetero) is 1. The zero-order valence-corrected chi connectivity index (χ0v) is 11.2. The minimum atomic E-state index is -0.557. The highest BCUT2D eigenvalue weighted by atomic mass is 16.6. The Kier molecular flexibility index (Phi) is 4.80. The molecule has 20 heavy (non-hydrogen) atoms. The Morgan fingerprint density at radius 2 is 2.25 bits per heavy atom. The molecule has 0 unspecified atom stereocenters. The van der Waals surface area contributed by atoms with Crippen molar-refractivity contribution in [1.82, 2.24) is 9.78 Å². The lowest BCUT2D eigenvalue weighted by atomic mass is 10.1. The molecule has 1 aliphatic heterocycles. The highest BCUT2D eigenvalue weighted by Crippen LogP contribution is 2.25. The van der Waals surface area contributed by atoms with E-state index in [1.54, 1.807) is 0 Å². The van der Waals surface area contributed by atoms with Gasteiger partial charge >= 0.3 is 5.69 Å².